The summed E-state index contributed by atoms with van der Waals surface area (Å²) in [6.45, 7) is 7.97. The minimum absolute atomic E-state index is 0.0775. The highest BCUT2D eigenvalue weighted by Crippen LogP contribution is 2.38. The van der Waals surface area contributed by atoms with Gasteiger partial charge >= 0.3 is 0 Å². The molecule has 1 aromatic carbocycles. The van der Waals surface area contributed by atoms with Gasteiger partial charge in [0.2, 0.25) is 10.0 Å². The molecule has 35 heavy (non-hydrogen) atoms. The number of hydrogen-bond acceptors (Lipinski definition) is 7. The first-order valence-electron chi connectivity index (χ1n) is 11.9. The van der Waals surface area contributed by atoms with Crippen LogP contribution in [0.3, 0.4) is 0 Å². The van der Waals surface area contributed by atoms with Gasteiger partial charge in [-0.15, -0.1) is 11.3 Å². The topological polar surface area (TPSA) is 99.3 Å². The van der Waals surface area contributed by atoms with E-state index >= 15 is 0 Å². The number of ether oxygens (including phenoxy) is 1. The lowest BCUT2D eigenvalue weighted by Gasteiger charge is -2.28. The van der Waals surface area contributed by atoms with Crippen LogP contribution in [0.25, 0.3) is 0 Å². The number of sulfonamides is 1. The van der Waals surface area contributed by atoms with Crippen molar-refractivity contribution in [3.63, 3.8) is 0 Å². The zero-order chi connectivity index (χ0) is 25.2. The van der Waals surface area contributed by atoms with Gasteiger partial charge in [-0.25, -0.2) is 8.42 Å². The largest absolute Gasteiger partial charge is 0.378 e. The SMILES string of the molecule is CCN(CC)S(=O)(=O)c1ccc(C(=O)Nc2sc3c(c2C(=O)N2CCOCC2)CCN(C)C3)cc1. The van der Waals surface area contributed by atoms with E-state index in [0.29, 0.717) is 55.5 Å². The molecule has 1 N–H and O–H groups in total. The average Bonchev–Trinajstić information content (AvgIpc) is 3.21. The van der Waals surface area contributed by atoms with Gasteiger partial charge in [0.15, 0.2) is 0 Å². The molecule has 1 aromatic heterocycles. The van der Waals surface area contributed by atoms with Crippen LogP contribution in [0.15, 0.2) is 29.2 Å². The molecule has 9 nitrogen and oxygen atoms in total. The van der Waals surface area contributed by atoms with Gasteiger partial charge in [-0.1, -0.05) is 13.8 Å². The van der Waals surface area contributed by atoms with Crippen molar-refractivity contribution < 1.29 is 22.7 Å². The fraction of sp³-hybridized carbons (Fsp3) is 0.500. The van der Waals surface area contributed by atoms with Crippen LogP contribution in [0.2, 0.25) is 0 Å². The fourth-order valence-electron chi connectivity index (χ4n) is 4.44. The highest BCUT2D eigenvalue weighted by molar-refractivity contribution is 7.89. The van der Waals surface area contributed by atoms with E-state index < -0.39 is 10.0 Å². The monoisotopic (exact) mass is 520 g/mol. The molecule has 1 saturated heterocycles. The predicted octanol–water partition coefficient (Wildman–Crippen LogP) is 2.49. The minimum atomic E-state index is -3.60. The Morgan fingerprint density at radius 1 is 1.09 bits per heavy atom. The predicted molar refractivity (Wildman–Crippen MR) is 136 cm³/mol. The van der Waals surface area contributed by atoms with Crippen LogP contribution >= 0.6 is 11.3 Å². The molecule has 11 heteroatoms. The Kier molecular flexibility index (Phi) is 7.92. The molecule has 0 atom stereocenters. The molecule has 2 aromatic rings. The van der Waals surface area contributed by atoms with Crippen LogP contribution in [-0.2, 0) is 27.7 Å². The summed E-state index contributed by atoms with van der Waals surface area (Å²) in [6, 6.07) is 5.93. The van der Waals surface area contributed by atoms with Crippen LogP contribution in [0, 0.1) is 0 Å². The lowest BCUT2D eigenvalue weighted by atomic mass is 10.0. The Morgan fingerprint density at radius 3 is 2.37 bits per heavy atom. The number of amides is 2. The van der Waals surface area contributed by atoms with Crippen molar-refractivity contribution in [3.8, 4) is 0 Å². The highest BCUT2D eigenvalue weighted by Gasteiger charge is 2.31. The Bertz CT molecular complexity index is 1180. The summed E-state index contributed by atoms with van der Waals surface area (Å²) in [5.74, 6) is -0.453. The molecule has 0 saturated carbocycles. The molecule has 0 radical (unpaired) electrons. The van der Waals surface area contributed by atoms with Crippen molar-refractivity contribution in [1.82, 2.24) is 14.1 Å². The van der Waals surface area contributed by atoms with E-state index in [4.69, 9.17) is 4.74 Å². The smallest absolute Gasteiger partial charge is 0.257 e. The van der Waals surface area contributed by atoms with Gasteiger partial charge in [0, 0.05) is 49.7 Å². The first-order valence-corrected chi connectivity index (χ1v) is 14.1. The Morgan fingerprint density at radius 2 is 1.74 bits per heavy atom. The number of anilines is 1. The number of nitrogens with one attached hydrogen (secondary N) is 1. The second-order valence-electron chi connectivity index (χ2n) is 8.67. The number of benzene rings is 1. The second-order valence-corrected chi connectivity index (χ2v) is 11.7. The van der Waals surface area contributed by atoms with Crippen LogP contribution in [0.5, 0.6) is 0 Å². The van der Waals surface area contributed by atoms with E-state index in [0.717, 1.165) is 30.0 Å². The molecule has 3 heterocycles. The number of morpholine rings is 1. The Balaban J connectivity index is 1.60. The zero-order valence-corrected chi connectivity index (χ0v) is 22.0. The minimum Gasteiger partial charge on any atom is -0.378 e. The van der Waals surface area contributed by atoms with Crippen molar-refractivity contribution in [2.24, 2.45) is 0 Å². The fourth-order valence-corrected chi connectivity index (χ4v) is 7.21. The molecule has 4 rings (SSSR count). The number of carbonyl (C=O) groups excluding carboxylic acids is 2. The van der Waals surface area contributed by atoms with E-state index in [1.807, 2.05) is 7.05 Å². The maximum atomic E-state index is 13.5. The van der Waals surface area contributed by atoms with Crippen molar-refractivity contribution in [1.29, 1.82) is 0 Å². The summed E-state index contributed by atoms with van der Waals surface area (Å²) in [5, 5.41) is 3.49. The number of likely N-dealkylation sites (N-methyl/N-ethyl adjacent to an activating group) is 1. The lowest BCUT2D eigenvalue weighted by molar-refractivity contribution is 0.0303. The second kappa shape index (κ2) is 10.8. The zero-order valence-electron chi connectivity index (χ0n) is 20.4. The van der Waals surface area contributed by atoms with Crippen molar-refractivity contribution in [3.05, 3.63) is 45.8 Å². The third kappa shape index (κ3) is 5.29. The van der Waals surface area contributed by atoms with E-state index in [9.17, 15) is 18.0 Å². The van der Waals surface area contributed by atoms with Gasteiger partial charge in [0.1, 0.15) is 5.00 Å². The molecular weight excluding hydrogens is 488 g/mol. The molecule has 1 fully saturated rings. The number of hydrogen-bond donors (Lipinski definition) is 1. The molecule has 2 amide bonds. The van der Waals surface area contributed by atoms with E-state index in [2.05, 4.69) is 10.2 Å². The maximum absolute atomic E-state index is 13.5. The Hall–Kier alpha value is -2.31. The van der Waals surface area contributed by atoms with Crippen LogP contribution in [0.4, 0.5) is 5.00 Å². The van der Waals surface area contributed by atoms with E-state index in [1.165, 1.54) is 39.9 Å². The van der Waals surface area contributed by atoms with Gasteiger partial charge in [-0.2, -0.15) is 4.31 Å². The number of thiophene rings is 1. The first-order chi connectivity index (χ1) is 16.8. The number of carbonyl (C=O) groups is 2. The van der Waals surface area contributed by atoms with Gasteiger partial charge in [-0.3, -0.25) is 9.59 Å². The standard InChI is InChI=1S/C24H32N4O5S2/c1-4-28(5-2)35(31,32)18-8-6-17(7-9-18)22(29)25-23-21(24(30)27-12-14-33-15-13-27)19-10-11-26(3)16-20(19)34-23/h6-9H,4-5,10-16H2,1-3H3,(H,25,29). The van der Waals surface area contributed by atoms with Crippen LogP contribution in [-0.4, -0.2) is 87.3 Å². The summed E-state index contributed by atoms with van der Waals surface area (Å²) < 4.78 is 32.3. The van der Waals surface area contributed by atoms with Crippen molar-refractivity contribution >= 4 is 38.2 Å². The van der Waals surface area contributed by atoms with Crippen molar-refractivity contribution in [2.45, 2.75) is 31.7 Å². The third-order valence-corrected chi connectivity index (χ3v) is 9.64. The summed E-state index contributed by atoms with van der Waals surface area (Å²) >= 11 is 1.44. The molecular formula is C24H32N4O5S2. The van der Waals surface area contributed by atoms with E-state index in [-0.39, 0.29) is 16.7 Å². The quantitative estimate of drug-likeness (QED) is 0.602. The highest BCUT2D eigenvalue weighted by atomic mass is 32.2. The summed E-state index contributed by atoms with van der Waals surface area (Å²) in [6.07, 6.45) is 0.752. The number of rotatable bonds is 7. The van der Waals surface area contributed by atoms with Gasteiger partial charge in [0.05, 0.1) is 23.7 Å². The van der Waals surface area contributed by atoms with Crippen molar-refractivity contribution in [2.75, 3.05) is 58.3 Å². The van der Waals surface area contributed by atoms with E-state index in [1.54, 1.807) is 18.7 Å². The molecule has 190 valence electrons. The average molecular weight is 521 g/mol. The number of fused-ring (bicyclic) bond motifs is 1. The first kappa shape index (κ1) is 25.8. The lowest BCUT2D eigenvalue weighted by Crippen LogP contribution is -2.41. The summed E-state index contributed by atoms with van der Waals surface area (Å²) in [5.41, 5.74) is 1.92. The summed E-state index contributed by atoms with van der Waals surface area (Å²) in [4.78, 5) is 31.8. The van der Waals surface area contributed by atoms with Crippen LogP contribution < -0.4 is 5.32 Å². The molecule has 2 aliphatic heterocycles. The Labute approximate surface area is 210 Å². The maximum Gasteiger partial charge on any atom is 0.257 e. The van der Waals surface area contributed by atoms with Crippen LogP contribution in [0.1, 0.15) is 45.0 Å². The third-order valence-electron chi connectivity index (χ3n) is 6.45. The van der Waals surface area contributed by atoms with Gasteiger partial charge in [-0.05, 0) is 43.3 Å². The molecule has 0 unspecified atom stereocenters. The normalized spacial score (nSPS) is 16.9. The van der Waals surface area contributed by atoms with Gasteiger partial charge in [0.25, 0.3) is 11.8 Å². The van der Waals surface area contributed by atoms with Gasteiger partial charge < -0.3 is 19.9 Å². The molecule has 0 bridgehead atoms. The number of nitrogens with zero attached hydrogens (tertiary/aromatic N) is 3. The molecule has 0 aliphatic carbocycles. The molecule has 2 aliphatic rings. The molecule has 0 spiro atoms. The summed E-state index contributed by atoms with van der Waals surface area (Å²) in [7, 11) is -1.56.